The SMILES string of the molecule is I.NC(=NCCS(=O)(=O)NCC1CCC1)N1CCSCC1. The molecule has 0 aromatic rings. The molecule has 0 aromatic heterocycles. The van der Waals surface area contributed by atoms with E-state index in [9.17, 15) is 8.42 Å². The molecule has 1 aliphatic carbocycles. The second-order valence-electron chi connectivity index (χ2n) is 5.30. The largest absolute Gasteiger partial charge is 0.370 e. The van der Waals surface area contributed by atoms with Crippen LogP contribution in [0.15, 0.2) is 4.99 Å². The number of nitrogens with two attached hydrogens (primary N) is 1. The molecule has 21 heavy (non-hydrogen) atoms. The molecule has 2 fully saturated rings. The van der Waals surface area contributed by atoms with Gasteiger partial charge in [-0.05, 0) is 18.8 Å². The molecule has 0 atom stereocenters. The summed E-state index contributed by atoms with van der Waals surface area (Å²) in [6.07, 6.45) is 3.50. The summed E-state index contributed by atoms with van der Waals surface area (Å²) in [5.41, 5.74) is 5.88. The van der Waals surface area contributed by atoms with E-state index in [-0.39, 0.29) is 36.3 Å². The Kier molecular flexibility index (Phi) is 8.65. The summed E-state index contributed by atoms with van der Waals surface area (Å²) in [7, 11) is -3.21. The first-order valence-corrected chi connectivity index (χ1v) is 9.97. The maximum Gasteiger partial charge on any atom is 0.213 e. The second kappa shape index (κ2) is 9.41. The Bertz CT molecular complexity index is 435. The van der Waals surface area contributed by atoms with Crippen molar-refractivity contribution in [2.75, 3.05) is 43.4 Å². The minimum atomic E-state index is -3.21. The van der Waals surface area contributed by atoms with Crippen LogP contribution in [0.25, 0.3) is 0 Å². The van der Waals surface area contributed by atoms with Crippen molar-refractivity contribution in [3.63, 3.8) is 0 Å². The van der Waals surface area contributed by atoms with Crippen LogP contribution >= 0.6 is 35.7 Å². The van der Waals surface area contributed by atoms with E-state index < -0.39 is 10.0 Å². The predicted molar refractivity (Wildman–Crippen MR) is 99.9 cm³/mol. The molecule has 2 rings (SSSR count). The van der Waals surface area contributed by atoms with Crippen LogP contribution in [0.2, 0.25) is 0 Å². The van der Waals surface area contributed by atoms with Gasteiger partial charge in [-0.2, -0.15) is 11.8 Å². The Morgan fingerprint density at radius 1 is 1.33 bits per heavy atom. The summed E-state index contributed by atoms with van der Waals surface area (Å²) in [5, 5.41) is 0. The van der Waals surface area contributed by atoms with Crippen LogP contribution in [-0.4, -0.2) is 62.7 Å². The van der Waals surface area contributed by atoms with Crippen molar-refractivity contribution in [3.05, 3.63) is 0 Å². The molecule has 1 aliphatic heterocycles. The molecule has 0 aromatic carbocycles. The van der Waals surface area contributed by atoms with Gasteiger partial charge in [-0.15, -0.1) is 24.0 Å². The molecule has 124 valence electrons. The molecule has 0 spiro atoms. The number of nitrogens with zero attached hydrogens (tertiary/aromatic N) is 2. The molecule has 1 saturated carbocycles. The number of sulfonamides is 1. The van der Waals surface area contributed by atoms with E-state index in [1.807, 2.05) is 16.7 Å². The van der Waals surface area contributed by atoms with Crippen LogP contribution in [0.4, 0.5) is 0 Å². The molecule has 0 unspecified atom stereocenters. The third kappa shape index (κ3) is 6.91. The summed E-state index contributed by atoms with van der Waals surface area (Å²) in [5.74, 6) is 3.13. The first-order valence-electron chi connectivity index (χ1n) is 7.17. The van der Waals surface area contributed by atoms with E-state index in [4.69, 9.17) is 5.73 Å². The fraction of sp³-hybridized carbons (Fsp3) is 0.917. The third-order valence-corrected chi connectivity index (χ3v) is 6.05. The summed E-state index contributed by atoms with van der Waals surface area (Å²) < 4.78 is 26.2. The molecule has 3 N–H and O–H groups in total. The van der Waals surface area contributed by atoms with Crippen LogP contribution < -0.4 is 10.5 Å². The van der Waals surface area contributed by atoms with Crippen molar-refractivity contribution in [1.29, 1.82) is 0 Å². The minimum Gasteiger partial charge on any atom is -0.370 e. The highest BCUT2D eigenvalue weighted by atomic mass is 127. The molecule has 0 radical (unpaired) electrons. The highest BCUT2D eigenvalue weighted by Gasteiger charge is 2.20. The van der Waals surface area contributed by atoms with E-state index in [1.165, 1.54) is 6.42 Å². The Labute approximate surface area is 148 Å². The van der Waals surface area contributed by atoms with Gasteiger partial charge in [-0.1, -0.05) is 6.42 Å². The number of aliphatic imine (C=N–C) groups is 1. The lowest BCUT2D eigenvalue weighted by Gasteiger charge is -2.27. The van der Waals surface area contributed by atoms with Gasteiger partial charge in [0.1, 0.15) is 0 Å². The maximum atomic E-state index is 11.8. The summed E-state index contributed by atoms with van der Waals surface area (Å²) >= 11 is 1.90. The van der Waals surface area contributed by atoms with Gasteiger partial charge >= 0.3 is 0 Å². The zero-order valence-corrected chi connectivity index (χ0v) is 16.1. The average molecular weight is 448 g/mol. The average Bonchev–Trinajstić information content (AvgIpc) is 2.37. The maximum absolute atomic E-state index is 11.8. The van der Waals surface area contributed by atoms with Gasteiger partial charge < -0.3 is 10.6 Å². The Morgan fingerprint density at radius 3 is 2.57 bits per heavy atom. The van der Waals surface area contributed by atoms with Crippen LogP contribution in [0.1, 0.15) is 19.3 Å². The standard InChI is InChI=1S/C12H24N4O2S2.HI/c13-12(16-5-7-19-8-6-16)14-4-9-20(17,18)15-10-11-2-1-3-11;/h11,15H,1-10H2,(H2,13,14);1H. The quantitative estimate of drug-likeness (QED) is 0.355. The van der Waals surface area contributed by atoms with E-state index in [1.54, 1.807) is 0 Å². The van der Waals surface area contributed by atoms with Gasteiger partial charge in [0, 0.05) is 31.1 Å². The summed E-state index contributed by atoms with van der Waals surface area (Å²) in [6, 6.07) is 0. The number of hydrogen-bond acceptors (Lipinski definition) is 4. The highest BCUT2D eigenvalue weighted by Crippen LogP contribution is 2.25. The van der Waals surface area contributed by atoms with Gasteiger partial charge in [-0.3, -0.25) is 4.99 Å². The molecular weight excluding hydrogens is 423 g/mol. The van der Waals surface area contributed by atoms with E-state index in [0.717, 1.165) is 37.4 Å². The van der Waals surface area contributed by atoms with Crippen molar-refractivity contribution in [3.8, 4) is 0 Å². The topological polar surface area (TPSA) is 87.8 Å². The minimum absolute atomic E-state index is 0. The lowest BCUT2D eigenvalue weighted by Crippen LogP contribution is -2.43. The van der Waals surface area contributed by atoms with Gasteiger partial charge in [0.25, 0.3) is 0 Å². The fourth-order valence-electron chi connectivity index (χ4n) is 2.19. The number of nitrogens with one attached hydrogen (secondary N) is 1. The van der Waals surface area contributed by atoms with Crippen LogP contribution in [0.5, 0.6) is 0 Å². The first-order chi connectivity index (χ1) is 9.57. The van der Waals surface area contributed by atoms with Crippen LogP contribution in [-0.2, 0) is 10.0 Å². The zero-order valence-electron chi connectivity index (χ0n) is 12.2. The lowest BCUT2D eigenvalue weighted by atomic mass is 9.86. The van der Waals surface area contributed by atoms with E-state index in [0.29, 0.717) is 18.4 Å². The molecule has 2 aliphatic rings. The number of guanidine groups is 1. The predicted octanol–water partition coefficient (Wildman–Crippen LogP) is 0.687. The van der Waals surface area contributed by atoms with Crippen molar-refractivity contribution in [1.82, 2.24) is 9.62 Å². The normalized spacial score (nSPS) is 20.8. The highest BCUT2D eigenvalue weighted by molar-refractivity contribution is 14.0. The Balaban J connectivity index is 0.00000220. The van der Waals surface area contributed by atoms with Crippen LogP contribution in [0, 0.1) is 5.92 Å². The molecule has 0 bridgehead atoms. The molecule has 1 heterocycles. The summed E-state index contributed by atoms with van der Waals surface area (Å²) in [6.45, 7) is 2.60. The Hall–Kier alpha value is 0.260. The molecular formula is C12H25IN4O2S2. The van der Waals surface area contributed by atoms with E-state index >= 15 is 0 Å². The van der Waals surface area contributed by atoms with Gasteiger partial charge in [0.2, 0.25) is 10.0 Å². The van der Waals surface area contributed by atoms with Crippen LogP contribution in [0.3, 0.4) is 0 Å². The lowest BCUT2D eigenvalue weighted by molar-refractivity contribution is 0.316. The van der Waals surface area contributed by atoms with Crippen molar-refractivity contribution >= 4 is 51.7 Å². The number of rotatable bonds is 6. The fourth-order valence-corrected chi connectivity index (χ4v) is 4.06. The molecule has 6 nitrogen and oxygen atoms in total. The molecule has 1 saturated heterocycles. The zero-order chi connectivity index (χ0) is 14.4. The first kappa shape index (κ1) is 19.3. The van der Waals surface area contributed by atoms with Gasteiger partial charge in [0.15, 0.2) is 5.96 Å². The summed E-state index contributed by atoms with van der Waals surface area (Å²) in [4.78, 5) is 6.20. The van der Waals surface area contributed by atoms with Gasteiger partial charge in [-0.25, -0.2) is 13.1 Å². The molecule has 9 heteroatoms. The number of thioether (sulfide) groups is 1. The van der Waals surface area contributed by atoms with Gasteiger partial charge in [0.05, 0.1) is 12.3 Å². The number of halogens is 1. The smallest absolute Gasteiger partial charge is 0.213 e. The van der Waals surface area contributed by atoms with Crippen molar-refractivity contribution < 1.29 is 8.42 Å². The van der Waals surface area contributed by atoms with E-state index in [2.05, 4.69) is 9.71 Å². The molecule has 0 amide bonds. The second-order valence-corrected chi connectivity index (χ2v) is 8.45. The van der Waals surface area contributed by atoms with Crippen molar-refractivity contribution in [2.24, 2.45) is 16.6 Å². The van der Waals surface area contributed by atoms with Crippen molar-refractivity contribution in [2.45, 2.75) is 19.3 Å². The monoisotopic (exact) mass is 448 g/mol. The Morgan fingerprint density at radius 2 is 2.00 bits per heavy atom. The number of hydrogen-bond donors (Lipinski definition) is 2. The third-order valence-electron chi connectivity index (χ3n) is 3.79.